The summed E-state index contributed by atoms with van der Waals surface area (Å²) in [5.74, 6) is -0.513. The van der Waals surface area contributed by atoms with Crippen LogP contribution in [0.15, 0.2) is 18.2 Å². The molecule has 1 aliphatic rings. The Morgan fingerprint density at radius 2 is 2.28 bits per heavy atom. The molecule has 1 aliphatic heterocycles. The van der Waals surface area contributed by atoms with E-state index < -0.39 is 0 Å². The van der Waals surface area contributed by atoms with Gasteiger partial charge >= 0.3 is 0 Å². The number of benzene rings is 1. The lowest BCUT2D eigenvalue weighted by Gasteiger charge is -2.11. The van der Waals surface area contributed by atoms with Crippen LogP contribution in [0.5, 0.6) is 11.5 Å². The van der Waals surface area contributed by atoms with E-state index in [9.17, 15) is 15.0 Å². The minimum atomic E-state index is -0.360. The Kier molecular flexibility index (Phi) is 4.04. The maximum atomic E-state index is 11.8. The van der Waals surface area contributed by atoms with Gasteiger partial charge in [0.15, 0.2) is 0 Å². The zero-order chi connectivity index (χ0) is 13.0. The van der Waals surface area contributed by atoms with E-state index in [4.69, 9.17) is 0 Å². The summed E-state index contributed by atoms with van der Waals surface area (Å²) in [6.45, 7) is 1.61. The van der Waals surface area contributed by atoms with Crippen molar-refractivity contribution in [3.05, 3.63) is 23.8 Å². The summed E-state index contributed by atoms with van der Waals surface area (Å²) >= 11 is 0. The number of carbonyl (C=O) groups is 1. The molecule has 5 heteroatoms. The molecule has 0 radical (unpaired) electrons. The number of hydrogen-bond acceptors (Lipinski definition) is 4. The Morgan fingerprint density at radius 1 is 1.44 bits per heavy atom. The highest BCUT2D eigenvalue weighted by molar-refractivity contribution is 5.97. The highest BCUT2D eigenvalue weighted by Gasteiger charge is 2.15. The minimum Gasteiger partial charge on any atom is -0.508 e. The minimum absolute atomic E-state index is 0.0320. The molecular formula is C13H18N2O3. The monoisotopic (exact) mass is 250 g/mol. The summed E-state index contributed by atoms with van der Waals surface area (Å²) in [6.07, 6.45) is 3.21. The van der Waals surface area contributed by atoms with Gasteiger partial charge in [-0.15, -0.1) is 0 Å². The van der Waals surface area contributed by atoms with Crippen LogP contribution in [0.25, 0.3) is 0 Å². The number of hydrogen-bond donors (Lipinski definition) is 4. The van der Waals surface area contributed by atoms with Gasteiger partial charge in [0.25, 0.3) is 5.91 Å². The molecule has 5 nitrogen and oxygen atoms in total. The number of aromatic hydroxyl groups is 2. The molecule has 1 aromatic rings. The standard InChI is InChI=1S/C13H18N2O3/c16-10-3-4-12(17)11(8-10)13(18)15-7-5-9-2-1-6-14-9/h3-4,8-9,14,16-17H,1-2,5-7H2,(H,15,18)/t9-/m1/s1. The Labute approximate surface area is 106 Å². The molecule has 0 bridgehead atoms. The molecule has 98 valence electrons. The van der Waals surface area contributed by atoms with Crippen LogP contribution in [0.1, 0.15) is 29.6 Å². The Hall–Kier alpha value is -1.75. The lowest BCUT2D eigenvalue weighted by atomic mass is 10.1. The van der Waals surface area contributed by atoms with Crippen LogP contribution in [0.4, 0.5) is 0 Å². The molecule has 1 amide bonds. The van der Waals surface area contributed by atoms with Crippen molar-refractivity contribution in [3.63, 3.8) is 0 Å². The van der Waals surface area contributed by atoms with Crippen molar-refractivity contribution in [1.82, 2.24) is 10.6 Å². The van der Waals surface area contributed by atoms with Gasteiger partial charge in [-0.05, 0) is 44.0 Å². The topological polar surface area (TPSA) is 81.6 Å². The van der Waals surface area contributed by atoms with Crippen molar-refractivity contribution >= 4 is 5.91 Å². The Bertz CT molecular complexity index is 428. The van der Waals surface area contributed by atoms with Gasteiger partial charge in [0.05, 0.1) is 5.56 Å². The van der Waals surface area contributed by atoms with Gasteiger partial charge in [-0.25, -0.2) is 0 Å². The highest BCUT2D eigenvalue weighted by Crippen LogP contribution is 2.21. The average Bonchev–Trinajstić information content (AvgIpc) is 2.85. The summed E-state index contributed by atoms with van der Waals surface area (Å²) < 4.78 is 0. The fourth-order valence-electron chi connectivity index (χ4n) is 2.16. The van der Waals surface area contributed by atoms with E-state index in [1.165, 1.54) is 24.6 Å². The summed E-state index contributed by atoms with van der Waals surface area (Å²) in [5.41, 5.74) is 0.106. The van der Waals surface area contributed by atoms with Crippen molar-refractivity contribution in [1.29, 1.82) is 0 Å². The first-order chi connectivity index (χ1) is 8.66. The van der Waals surface area contributed by atoms with E-state index in [-0.39, 0.29) is 23.0 Å². The van der Waals surface area contributed by atoms with Crippen LogP contribution in [-0.2, 0) is 0 Å². The van der Waals surface area contributed by atoms with Crippen LogP contribution >= 0.6 is 0 Å². The number of rotatable bonds is 4. The predicted octanol–water partition coefficient (Wildman–Crippen LogP) is 0.970. The largest absolute Gasteiger partial charge is 0.508 e. The van der Waals surface area contributed by atoms with Crippen molar-refractivity contribution in [3.8, 4) is 11.5 Å². The number of phenols is 2. The van der Waals surface area contributed by atoms with Crippen LogP contribution in [0.2, 0.25) is 0 Å². The second-order valence-electron chi connectivity index (χ2n) is 4.54. The molecule has 1 aromatic carbocycles. The zero-order valence-electron chi connectivity index (χ0n) is 10.1. The Morgan fingerprint density at radius 3 is 3.00 bits per heavy atom. The van der Waals surface area contributed by atoms with E-state index in [0.29, 0.717) is 12.6 Å². The van der Waals surface area contributed by atoms with Crippen LogP contribution in [-0.4, -0.2) is 35.3 Å². The molecule has 2 rings (SSSR count). The second-order valence-corrected chi connectivity index (χ2v) is 4.54. The van der Waals surface area contributed by atoms with Gasteiger partial charge < -0.3 is 20.8 Å². The number of nitrogens with one attached hydrogen (secondary N) is 2. The van der Waals surface area contributed by atoms with E-state index in [2.05, 4.69) is 10.6 Å². The molecule has 4 N–H and O–H groups in total. The first-order valence-electron chi connectivity index (χ1n) is 6.20. The Balaban J connectivity index is 1.85. The van der Waals surface area contributed by atoms with E-state index in [1.807, 2.05) is 0 Å². The van der Waals surface area contributed by atoms with Crippen LogP contribution in [0, 0.1) is 0 Å². The van der Waals surface area contributed by atoms with Gasteiger partial charge in [0.2, 0.25) is 0 Å². The fraction of sp³-hybridized carbons (Fsp3) is 0.462. The molecule has 0 aromatic heterocycles. The van der Waals surface area contributed by atoms with Crippen molar-refractivity contribution < 1.29 is 15.0 Å². The first-order valence-corrected chi connectivity index (χ1v) is 6.20. The molecule has 0 unspecified atom stereocenters. The van der Waals surface area contributed by atoms with Gasteiger partial charge in [0.1, 0.15) is 11.5 Å². The van der Waals surface area contributed by atoms with E-state index in [0.717, 1.165) is 19.4 Å². The van der Waals surface area contributed by atoms with E-state index in [1.54, 1.807) is 0 Å². The highest BCUT2D eigenvalue weighted by atomic mass is 16.3. The number of carbonyl (C=O) groups excluding carboxylic acids is 1. The SMILES string of the molecule is O=C(NCC[C@H]1CCCN1)c1cc(O)ccc1O. The lowest BCUT2D eigenvalue weighted by molar-refractivity contribution is 0.0949. The molecule has 1 saturated heterocycles. The maximum absolute atomic E-state index is 11.8. The molecular weight excluding hydrogens is 232 g/mol. The van der Waals surface area contributed by atoms with Gasteiger partial charge in [-0.3, -0.25) is 4.79 Å². The first kappa shape index (κ1) is 12.7. The molecule has 0 aliphatic carbocycles. The third-order valence-corrected chi connectivity index (χ3v) is 3.17. The third kappa shape index (κ3) is 3.13. The van der Waals surface area contributed by atoms with Crippen molar-refractivity contribution in [2.75, 3.05) is 13.1 Å². The zero-order valence-corrected chi connectivity index (χ0v) is 10.1. The number of amides is 1. The average molecular weight is 250 g/mol. The van der Waals surface area contributed by atoms with Crippen LogP contribution in [0.3, 0.4) is 0 Å². The molecule has 18 heavy (non-hydrogen) atoms. The summed E-state index contributed by atoms with van der Waals surface area (Å²) in [7, 11) is 0. The fourth-order valence-corrected chi connectivity index (χ4v) is 2.16. The summed E-state index contributed by atoms with van der Waals surface area (Å²) in [6, 6.07) is 4.39. The summed E-state index contributed by atoms with van der Waals surface area (Å²) in [4.78, 5) is 11.8. The summed E-state index contributed by atoms with van der Waals surface area (Å²) in [5, 5.41) is 24.9. The van der Waals surface area contributed by atoms with Crippen molar-refractivity contribution in [2.24, 2.45) is 0 Å². The van der Waals surface area contributed by atoms with Gasteiger partial charge in [-0.1, -0.05) is 0 Å². The molecule has 1 atom stereocenters. The molecule has 0 saturated carbocycles. The van der Waals surface area contributed by atoms with Gasteiger partial charge in [0, 0.05) is 12.6 Å². The van der Waals surface area contributed by atoms with Gasteiger partial charge in [-0.2, -0.15) is 0 Å². The molecule has 0 spiro atoms. The second kappa shape index (κ2) is 5.73. The molecule has 1 fully saturated rings. The molecule has 1 heterocycles. The quantitative estimate of drug-likeness (QED) is 0.600. The lowest BCUT2D eigenvalue weighted by Crippen LogP contribution is -2.30. The smallest absolute Gasteiger partial charge is 0.255 e. The van der Waals surface area contributed by atoms with Crippen LogP contribution < -0.4 is 10.6 Å². The normalized spacial score (nSPS) is 18.8. The maximum Gasteiger partial charge on any atom is 0.255 e. The number of phenolic OH excluding ortho intramolecular Hbond substituents is 2. The predicted molar refractivity (Wildman–Crippen MR) is 67.7 cm³/mol. The third-order valence-electron chi connectivity index (χ3n) is 3.17. The van der Waals surface area contributed by atoms with Crippen molar-refractivity contribution in [2.45, 2.75) is 25.3 Å². The van der Waals surface area contributed by atoms with E-state index >= 15 is 0 Å².